The zero-order valence-electron chi connectivity index (χ0n) is 30.9. The zero-order valence-corrected chi connectivity index (χ0v) is 31.7. The second kappa shape index (κ2) is 22.2. The minimum absolute atomic E-state index is 0.0647. The molecule has 3 unspecified atom stereocenters. The van der Waals surface area contributed by atoms with Gasteiger partial charge < -0.3 is 43.6 Å². The van der Waals surface area contributed by atoms with Crippen LogP contribution in [-0.4, -0.2) is 71.8 Å². The zero-order chi connectivity index (χ0) is 39.6. The summed E-state index contributed by atoms with van der Waals surface area (Å²) in [4.78, 5) is 68.5. The van der Waals surface area contributed by atoms with E-state index in [1.807, 2.05) is 0 Å². The molecule has 54 heavy (non-hydrogen) atoms. The van der Waals surface area contributed by atoms with Crippen LogP contribution in [-0.2, 0) is 30.4 Å². The summed E-state index contributed by atoms with van der Waals surface area (Å²) in [5, 5.41) is 20.2. The van der Waals surface area contributed by atoms with Crippen molar-refractivity contribution < 1.29 is 29.1 Å². The van der Waals surface area contributed by atoms with Crippen molar-refractivity contribution in [3.8, 4) is 0 Å². The van der Waals surface area contributed by atoms with Crippen LogP contribution < -0.4 is 38.5 Å². The molecule has 3 rings (SSSR count). The third-order valence-electron chi connectivity index (χ3n) is 8.78. The second-order valence-corrected chi connectivity index (χ2v) is 13.7. The topological polar surface area (TPSA) is 244 Å². The quantitative estimate of drug-likeness (QED) is 0.0523. The Kier molecular flexibility index (Phi) is 17.9. The maximum absolute atomic E-state index is 13.8. The number of hydrogen-bond acceptors (Lipinski definition) is 8. The standard InChI is InChI=1S/C39H53ClN8O6/c1-3-7-25(8-4-2)35(43)48-33(9-5-6-18-41)39(54)47-31-21-26(20-27(22-31)37(52)46-30-16-12-28(40)13-17-30)36(51)45-29-14-10-24(11-15-29)19-32(42)38(53)44-23-34(49)50/h10-17,20,22,25,31-33H,3-9,18-19,21,23,41-42H2,1-2H3,(H2,43,48)(H,44,53)(H,45,51)(H,46,52)(H,47,54)(H,49,50). The van der Waals surface area contributed by atoms with Gasteiger partial charge in [0.2, 0.25) is 11.8 Å². The molecule has 0 aromatic heterocycles. The lowest BCUT2D eigenvalue weighted by atomic mass is 9.93. The summed E-state index contributed by atoms with van der Waals surface area (Å²) in [5.41, 5.74) is 20.2. The lowest BCUT2D eigenvalue weighted by Gasteiger charge is -2.25. The second-order valence-electron chi connectivity index (χ2n) is 13.3. The number of halogens is 1. The molecule has 2 aromatic rings. The molecule has 2 aromatic carbocycles. The number of carboxylic acids is 1. The van der Waals surface area contributed by atoms with Gasteiger partial charge in [0.15, 0.2) is 0 Å². The van der Waals surface area contributed by atoms with E-state index in [4.69, 9.17) is 38.9 Å². The number of rotatable bonds is 21. The van der Waals surface area contributed by atoms with Crippen molar-refractivity contribution in [2.75, 3.05) is 23.7 Å². The Morgan fingerprint density at radius 2 is 1.50 bits per heavy atom. The van der Waals surface area contributed by atoms with Crippen LogP contribution in [0.2, 0.25) is 5.02 Å². The Hall–Kier alpha value is -5.05. The van der Waals surface area contributed by atoms with E-state index in [9.17, 15) is 24.0 Å². The number of benzene rings is 2. The highest BCUT2D eigenvalue weighted by Gasteiger charge is 2.28. The Morgan fingerprint density at radius 3 is 2.09 bits per heavy atom. The molecule has 0 heterocycles. The molecule has 3 atom stereocenters. The Balaban J connectivity index is 1.83. The first-order valence-corrected chi connectivity index (χ1v) is 18.7. The summed E-state index contributed by atoms with van der Waals surface area (Å²) in [6, 6.07) is 10.8. The monoisotopic (exact) mass is 764 g/mol. The highest BCUT2D eigenvalue weighted by molar-refractivity contribution is 6.30. The van der Waals surface area contributed by atoms with Gasteiger partial charge in [-0.05, 0) is 99.2 Å². The molecule has 4 amide bonds. The van der Waals surface area contributed by atoms with Crippen LogP contribution in [0.15, 0.2) is 76.8 Å². The van der Waals surface area contributed by atoms with Crippen LogP contribution >= 0.6 is 11.6 Å². The largest absolute Gasteiger partial charge is 0.480 e. The van der Waals surface area contributed by atoms with Gasteiger partial charge in [-0.15, -0.1) is 0 Å². The number of nitrogens with one attached hydrogen (secondary N) is 4. The van der Waals surface area contributed by atoms with Crippen LogP contribution in [0.1, 0.15) is 70.8 Å². The smallest absolute Gasteiger partial charge is 0.322 e. The fourth-order valence-corrected chi connectivity index (χ4v) is 6.08. The van der Waals surface area contributed by atoms with Crippen LogP contribution in [0.25, 0.3) is 0 Å². The number of amidine groups is 1. The molecular weight excluding hydrogens is 712 g/mol. The summed E-state index contributed by atoms with van der Waals surface area (Å²) in [7, 11) is 0. The van der Waals surface area contributed by atoms with E-state index in [1.54, 1.807) is 54.6 Å². The average Bonchev–Trinajstić information content (AvgIpc) is 3.14. The molecule has 14 nitrogen and oxygen atoms in total. The number of nitrogens with two attached hydrogens (primary N) is 3. The highest BCUT2D eigenvalue weighted by atomic mass is 35.5. The molecule has 1 aliphatic carbocycles. The molecular formula is C39H53ClN8O6. The lowest BCUT2D eigenvalue weighted by molar-refractivity contribution is -0.138. The molecule has 0 bridgehead atoms. The molecule has 0 spiro atoms. The number of aliphatic carboxylic acids is 1. The van der Waals surface area contributed by atoms with Gasteiger partial charge in [-0.2, -0.15) is 0 Å². The number of carbonyl (C=O) groups excluding carboxylic acids is 4. The average molecular weight is 765 g/mol. The van der Waals surface area contributed by atoms with E-state index in [0.29, 0.717) is 53.6 Å². The molecule has 1 aliphatic rings. The SMILES string of the molecule is CCCC(CCC)C(N)=NC(CCCCN)C(=O)NC1C=C(C(=O)Nc2ccc(Cl)cc2)C=C(C(=O)Nc2ccc(CC(N)C(=O)NCC(=O)O)cc2)C1. The van der Waals surface area contributed by atoms with E-state index in [2.05, 4.69) is 35.1 Å². The number of nitrogens with zero attached hydrogens (tertiary/aromatic N) is 1. The van der Waals surface area contributed by atoms with Gasteiger partial charge in [-0.25, -0.2) is 0 Å². The van der Waals surface area contributed by atoms with Gasteiger partial charge in [0.25, 0.3) is 11.8 Å². The first kappa shape index (κ1) is 43.4. The maximum atomic E-state index is 13.8. The fraction of sp³-hybridized carbons (Fsp3) is 0.436. The van der Waals surface area contributed by atoms with E-state index in [1.165, 1.54) is 6.08 Å². The Morgan fingerprint density at radius 1 is 0.889 bits per heavy atom. The number of aliphatic imine (C=N–C) groups is 1. The lowest BCUT2D eigenvalue weighted by Crippen LogP contribution is -2.43. The van der Waals surface area contributed by atoms with E-state index in [-0.39, 0.29) is 35.8 Å². The van der Waals surface area contributed by atoms with Crippen LogP contribution in [0.4, 0.5) is 11.4 Å². The molecule has 292 valence electrons. The summed E-state index contributed by atoms with van der Waals surface area (Å²) in [6.07, 6.45) is 8.76. The highest BCUT2D eigenvalue weighted by Crippen LogP contribution is 2.24. The van der Waals surface area contributed by atoms with E-state index < -0.39 is 48.4 Å². The Labute approximate surface area is 321 Å². The molecule has 0 saturated heterocycles. The van der Waals surface area contributed by atoms with Crippen LogP contribution in [0.5, 0.6) is 0 Å². The van der Waals surface area contributed by atoms with Crippen LogP contribution in [0.3, 0.4) is 0 Å². The summed E-state index contributed by atoms with van der Waals surface area (Å²) in [5.74, 6) is -2.61. The Bertz CT molecular complexity index is 1690. The van der Waals surface area contributed by atoms with Gasteiger partial charge in [0.1, 0.15) is 12.6 Å². The predicted octanol–water partition coefficient (Wildman–Crippen LogP) is 3.80. The molecule has 0 aliphatic heterocycles. The van der Waals surface area contributed by atoms with Crippen molar-refractivity contribution >= 4 is 58.4 Å². The number of unbranched alkanes of at least 4 members (excludes halogenated alkanes) is 1. The van der Waals surface area contributed by atoms with Gasteiger partial charge >= 0.3 is 5.97 Å². The number of hydrogen-bond donors (Lipinski definition) is 8. The van der Waals surface area contributed by atoms with Crippen molar-refractivity contribution in [1.29, 1.82) is 0 Å². The summed E-state index contributed by atoms with van der Waals surface area (Å²) in [6.45, 7) is 4.11. The van der Waals surface area contributed by atoms with Crippen molar-refractivity contribution in [3.63, 3.8) is 0 Å². The molecule has 0 radical (unpaired) electrons. The third-order valence-corrected chi connectivity index (χ3v) is 9.04. The molecule has 11 N–H and O–H groups in total. The predicted molar refractivity (Wildman–Crippen MR) is 212 cm³/mol. The minimum Gasteiger partial charge on any atom is -0.480 e. The van der Waals surface area contributed by atoms with Crippen LogP contribution in [0, 0.1) is 5.92 Å². The number of carbonyl (C=O) groups is 5. The van der Waals surface area contributed by atoms with Gasteiger partial charge in [0, 0.05) is 39.9 Å². The van der Waals surface area contributed by atoms with Crippen molar-refractivity contribution in [1.82, 2.24) is 10.6 Å². The maximum Gasteiger partial charge on any atom is 0.322 e. The van der Waals surface area contributed by atoms with Gasteiger partial charge in [0.05, 0.1) is 17.9 Å². The molecule has 0 saturated carbocycles. The first-order chi connectivity index (χ1) is 25.8. The van der Waals surface area contributed by atoms with Crippen molar-refractivity contribution in [3.05, 3.63) is 82.4 Å². The third kappa shape index (κ3) is 14.4. The minimum atomic E-state index is -1.18. The summed E-state index contributed by atoms with van der Waals surface area (Å²) >= 11 is 6.01. The number of amides is 4. The molecule has 0 fully saturated rings. The van der Waals surface area contributed by atoms with Crippen molar-refractivity contribution in [2.24, 2.45) is 28.1 Å². The first-order valence-electron chi connectivity index (χ1n) is 18.3. The normalized spacial score (nSPS) is 15.4. The van der Waals surface area contributed by atoms with Gasteiger partial charge in [-0.1, -0.05) is 50.4 Å². The van der Waals surface area contributed by atoms with E-state index in [0.717, 1.165) is 25.7 Å². The van der Waals surface area contributed by atoms with Gasteiger partial charge in [-0.3, -0.25) is 29.0 Å². The van der Waals surface area contributed by atoms with E-state index >= 15 is 0 Å². The molecule has 15 heteroatoms. The van der Waals surface area contributed by atoms with Crippen molar-refractivity contribution in [2.45, 2.75) is 89.8 Å². The fourth-order valence-electron chi connectivity index (χ4n) is 5.95. The number of anilines is 2. The number of carboxylic acid groups (broad SMARTS) is 1. The summed E-state index contributed by atoms with van der Waals surface area (Å²) < 4.78 is 0.